The number of nitrogens with one attached hydrogen (secondary N) is 1. The summed E-state index contributed by atoms with van der Waals surface area (Å²) >= 11 is 11.2. The van der Waals surface area contributed by atoms with Crippen molar-refractivity contribution in [2.75, 3.05) is 13.2 Å². The predicted molar refractivity (Wildman–Crippen MR) is 56.2 cm³/mol. The summed E-state index contributed by atoms with van der Waals surface area (Å²) < 4.78 is 5.52. The number of hydrogen-bond acceptors (Lipinski definition) is 2. The lowest BCUT2D eigenvalue weighted by Gasteiger charge is -2.19. The van der Waals surface area contributed by atoms with E-state index < -0.39 is 0 Å². The fourth-order valence-corrected chi connectivity index (χ4v) is 1.58. The predicted octanol–water partition coefficient (Wildman–Crippen LogP) is 2.46. The zero-order valence-corrected chi connectivity index (χ0v) is 9.24. The van der Waals surface area contributed by atoms with E-state index in [2.05, 4.69) is 12.2 Å². The van der Waals surface area contributed by atoms with Crippen LogP contribution in [0.4, 0.5) is 0 Å². The Labute approximate surface area is 89.2 Å². The molecule has 0 amide bonds. The van der Waals surface area contributed by atoms with Crippen LogP contribution in [0.5, 0.6) is 0 Å². The van der Waals surface area contributed by atoms with Crippen LogP contribution in [0.25, 0.3) is 0 Å². The van der Waals surface area contributed by atoms with Gasteiger partial charge in [0.15, 0.2) is 0 Å². The van der Waals surface area contributed by atoms with E-state index in [9.17, 15) is 0 Å². The summed E-state index contributed by atoms with van der Waals surface area (Å²) in [5.41, 5.74) is 1.39. The Bertz CT molecular complexity index is 178. The number of rotatable bonds is 4. The maximum Gasteiger partial charge on any atom is 0.0726 e. The van der Waals surface area contributed by atoms with Gasteiger partial charge in [-0.25, -0.2) is 0 Å². The number of ether oxygens (including phenoxy) is 1. The fourth-order valence-electron chi connectivity index (χ4n) is 1.43. The molecule has 1 saturated heterocycles. The third-order valence-corrected chi connectivity index (χ3v) is 2.85. The van der Waals surface area contributed by atoms with Crippen LogP contribution in [0, 0.1) is 0 Å². The minimum Gasteiger partial charge on any atom is -0.377 e. The van der Waals surface area contributed by atoms with Crippen molar-refractivity contribution in [2.45, 2.75) is 31.9 Å². The normalized spacial score (nSPS) is 26.4. The van der Waals surface area contributed by atoms with E-state index in [1.807, 2.05) is 0 Å². The van der Waals surface area contributed by atoms with Crippen LogP contribution in [0.3, 0.4) is 0 Å². The Morgan fingerprint density at radius 1 is 1.77 bits per heavy atom. The molecule has 4 heteroatoms. The zero-order valence-electron chi connectivity index (χ0n) is 7.72. The van der Waals surface area contributed by atoms with Crippen LogP contribution in [0.2, 0.25) is 0 Å². The van der Waals surface area contributed by atoms with E-state index in [0.717, 1.165) is 19.4 Å². The van der Waals surface area contributed by atoms with Gasteiger partial charge in [-0.2, -0.15) is 0 Å². The van der Waals surface area contributed by atoms with Crippen LogP contribution in [0.15, 0.2) is 10.6 Å². The second-order valence-electron chi connectivity index (χ2n) is 3.28. The van der Waals surface area contributed by atoms with Gasteiger partial charge in [-0.3, -0.25) is 0 Å². The molecule has 13 heavy (non-hydrogen) atoms. The summed E-state index contributed by atoms with van der Waals surface area (Å²) in [7, 11) is 0. The average Bonchev–Trinajstić information content (AvgIpc) is 2.66. The van der Waals surface area contributed by atoms with E-state index >= 15 is 0 Å². The van der Waals surface area contributed by atoms with Crippen molar-refractivity contribution >= 4 is 23.2 Å². The van der Waals surface area contributed by atoms with Gasteiger partial charge in [0.05, 0.1) is 6.10 Å². The molecule has 0 saturated carbocycles. The van der Waals surface area contributed by atoms with E-state index in [4.69, 9.17) is 27.9 Å². The largest absolute Gasteiger partial charge is 0.377 e. The monoisotopic (exact) mass is 223 g/mol. The molecule has 2 atom stereocenters. The Kier molecular flexibility index (Phi) is 5.10. The minimum atomic E-state index is 0.333. The summed E-state index contributed by atoms with van der Waals surface area (Å²) in [6.07, 6.45) is 2.63. The molecule has 0 aromatic carbocycles. The van der Waals surface area contributed by atoms with Crippen molar-refractivity contribution in [3.05, 3.63) is 10.6 Å². The van der Waals surface area contributed by atoms with Crippen molar-refractivity contribution < 1.29 is 4.74 Å². The maximum atomic E-state index is 5.74. The lowest BCUT2D eigenvalue weighted by Crippen LogP contribution is -2.37. The molecule has 1 aliphatic rings. The highest BCUT2D eigenvalue weighted by Gasteiger charge is 2.21. The van der Waals surface area contributed by atoms with Crippen molar-refractivity contribution in [3.63, 3.8) is 0 Å². The first-order chi connectivity index (χ1) is 6.24. The molecular formula is C9H15Cl2NO. The highest BCUT2D eigenvalue weighted by Crippen LogP contribution is 2.15. The highest BCUT2D eigenvalue weighted by atomic mass is 35.5. The molecular weight excluding hydrogens is 209 g/mol. The van der Waals surface area contributed by atoms with Crippen molar-refractivity contribution in [3.8, 4) is 0 Å². The molecule has 2 unspecified atom stereocenters. The number of hydrogen-bond donors (Lipinski definition) is 1. The van der Waals surface area contributed by atoms with E-state index in [0.29, 0.717) is 23.7 Å². The summed E-state index contributed by atoms with van der Waals surface area (Å²) in [6.45, 7) is 3.61. The molecule has 1 N–H and O–H groups in total. The fraction of sp³-hybridized carbons (Fsp3) is 0.778. The van der Waals surface area contributed by atoms with Gasteiger partial charge < -0.3 is 10.1 Å². The second kappa shape index (κ2) is 5.86. The molecule has 1 heterocycles. The van der Waals surface area contributed by atoms with Gasteiger partial charge >= 0.3 is 0 Å². The zero-order chi connectivity index (χ0) is 9.68. The van der Waals surface area contributed by atoms with E-state index in [1.165, 1.54) is 5.54 Å². The third kappa shape index (κ3) is 3.86. The summed E-state index contributed by atoms with van der Waals surface area (Å²) in [4.78, 5) is 0. The van der Waals surface area contributed by atoms with Gasteiger partial charge in [-0.1, -0.05) is 23.2 Å². The van der Waals surface area contributed by atoms with Crippen molar-refractivity contribution in [1.82, 2.24) is 5.32 Å². The lowest BCUT2D eigenvalue weighted by atomic mass is 10.1. The Morgan fingerprint density at radius 3 is 3.08 bits per heavy atom. The smallest absolute Gasteiger partial charge is 0.0726 e. The standard InChI is InChI=1S/C9H15Cl2NO/c1-7(9-3-2-4-13-9)12-6-8(11)5-10/h5,7,9,12H,2-4,6H2,1H3. The molecule has 1 fully saturated rings. The molecule has 0 spiro atoms. The van der Waals surface area contributed by atoms with Gasteiger partial charge in [0.1, 0.15) is 0 Å². The molecule has 1 aliphatic heterocycles. The molecule has 0 bridgehead atoms. The van der Waals surface area contributed by atoms with Crippen LogP contribution in [-0.2, 0) is 4.74 Å². The van der Waals surface area contributed by atoms with Crippen molar-refractivity contribution in [2.24, 2.45) is 0 Å². The van der Waals surface area contributed by atoms with Crippen LogP contribution >= 0.6 is 23.2 Å². The highest BCUT2D eigenvalue weighted by molar-refractivity contribution is 6.36. The van der Waals surface area contributed by atoms with Crippen LogP contribution in [0.1, 0.15) is 19.8 Å². The Hall–Kier alpha value is 0.240. The lowest BCUT2D eigenvalue weighted by molar-refractivity contribution is 0.0848. The first kappa shape index (κ1) is 11.3. The number of halogens is 2. The summed E-state index contributed by atoms with van der Waals surface area (Å²) in [6, 6.07) is 0.341. The molecule has 0 aliphatic carbocycles. The first-order valence-corrected chi connectivity index (χ1v) is 5.35. The SMILES string of the molecule is CC(NCC(Cl)=CCl)C1CCCO1. The molecule has 0 aromatic rings. The summed E-state index contributed by atoms with van der Waals surface area (Å²) in [5, 5.41) is 3.90. The molecule has 0 radical (unpaired) electrons. The average molecular weight is 224 g/mol. The maximum absolute atomic E-state index is 5.74. The van der Waals surface area contributed by atoms with Gasteiger partial charge in [0.25, 0.3) is 0 Å². The van der Waals surface area contributed by atoms with Crippen LogP contribution < -0.4 is 5.32 Å². The van der Waals surface area contributed by atoms with Crippen LogP contribution in [-0.4, -0.2) is 25.3 Å². The van der Waals surface area contributed by atoms with Gasteiger partial charge in [0, 0.05) is 29.8 Å². The Morgan fingerprint density at radius 2 is 2.54 bits per heavy atom. The van der Waals surface area contributed by atoms with Crippen molar-refractivity contribution in [1.29, 1.82) is 0 Å². The summed E-state index contributed by atoms with van der Waals surface area (Å²) in [5.74, 6) is 0. The first-order valence-electron chi connectivity index (χ1n) is 4.53. The third-order valence-electron chi connectivity index (χ3n) is 2.23. The quantitative estimate of drug-likeness (QED) is 0.791. The van der Waals surface area contributed by atoms with E-state index in [-0.39, 0.29) is 0 Å². The molecule has 76 valence electrons. The minimum absolute atomic E-state index is 0.333. The van der Waals surface area contributed by atoms with Gasteiger partial charge in [-0.05, 0) is 19.8 Å². The van der Waals surface area contributed by atoms with Gasteiger partial charge in [0.2, 0.25) is 0 Å². The molecule has 0 aromatic heterocycles. The van der Waals surface area contributed by atoms with Gasteiger partial charge in [-0.15, -0.1) is 0 Å². The van der Waals surface area contributed by atoms with E-state index in [1.54, 1.807) is 0 Å². The Balaban J connectivity index is 2.20. The second-order valence-corrected chi connectivity index (χ2v) is 3.98. The molecule has 1 rings (SSSR count). The molecule has 2 nitrogen and oxygen atoms in total. The topological polar surface area (TPSA) is 21.3 Å².